The quantitative estimate of drug-likeness (QED) is 0.360. The highest BCUT2D eigenvalue weighted by Crippen LogP contribution is 2.30. The van der Waals surface area contributed by atoms with E-state index in [1.807, 2.05) is 19.3 Å². The number of nitrogens with one attached hydrogen (secondary N) is 3. The van der Waals surface area contributed by atoms with Crippen LogP contribution < -0.4 is 16.0 Å². The van der Waals surface area contributed by atoms with Crippen molar-refractivity contribution in [1.82, 2.24) is 40.2 Å². The van der Waals surface area contributed by atoms with Gasteiger partial charge in [0, 0.05) is 29.9 Å². The number of fused-ring (bicyclic) bond motifs is 1. The fourth-order valence-corrected chi connectivity index (χ4v) is 5.40. The van der Waals surface area contributed by atoms with Gasteiger partial charge in [-0.15, -0.1) is 11.3 Å². The van der Waals surface area contributed by atoms with E-state index in [1.165, 1.54) is 17.8 Å². The Balaban J connectivity index is 1.26. The first kappa shape index (κ1) is 24.2. The molecular formula is C24H30N8O3S. The van der Waals surface area contributed by atoms with Gasteiger partial charge in [0.25, 0.3) is 5.91 Å². The molecule has 36 heavy (non-hydrogen) atoms. The summed E-state index contributed by atoms with van der Waals surface area (Å²) in [4.78, 5) is 29.5. The molecule has 1 saturated heterocycles. The molecule has 12 heteroatoms. The number of carbonyl (C=O) groups is 2. The molecule has 1 atom stereocenters. The van der Waals surface area contributed by atoms with Gasteiger partial charge in [0.15, 0.2) is 0 Å². The SMILES string of the molecule is CC1NC=C(NC(=O)CN2CCCCC2)C=C1NC(=O)c1cnn2cc(-c3cnn(CCO)c3)sc12. The molecule has 1 unspecified atom stereocenters. The third kappa shape index (κ3) is 5.35. The van der Waals surface area contributed by atoms with Crippen molar-refractivity contribution in [3.05, 3.63) is 54.0 Å². The minimum absolute atomic E-state index is 0.0152. The van der Waals surface area contributed by atoms with E-state index < -0.39 is 0 Å². The van der Waals surface area contributed by atoms with Crippen molar-refractivity contribution in [2.45, 2.75) is 38.8 Å². The highest BCUT2D eigenvalue weighted by molar-refractivity contribution is 7.21. The van der Waals surface area contributed by atoms with Crippen molar-refractivity contribution in [2.24, 2.45) is 0 Å². The summed E-state index contributed by atoms with van der Waals surface area (Å²) >= 11 is 1.45. The van der Waals surface area contributed by atoms with Crippen molar-refractivity contribution in [3.63, 3.8) is 0 Å². The number of aromatic nitrogens is 4. The smallest absolute Gasteiger partial charge is 0.260 e. The molecule has 2 aliphatic heterocycles. The summed E-state index contributed by atoms with van der Waals surface area (Å²) in [5.41, 5.74) is 2.64. The van der Waals surface area contributed by atoms with Crippen LogP contribution in [0.1, 0.15) is 36.5 Å². The van der Waals surface area contributed by atoms with Crippen LogP contribution in [0.2, 0.25) is 0 Å². The summed E-state index contributed by atoms with van der Waals surface area (Å²) in [5.74, 6) is -0.330. The lowest BCUT2D eigenvalue weighted by atomic mass is 10.1. The number of dihydropyridines is 1. The number of rotatable bonds is 8. The molecule has 0 bridgehead atoms. The predicted molar refractivity (Wildman–Crippen MR) is 136 cm³/mol. The van der Waals surface area contributed by atoms with Crippen molar-refractivity contribution in [2.75, 3.05) is 26.2 Å². The molecule has 1 fully saturated rings. The number of amides is 2. The van der Waals surface area contributed by atoms with E-state index in [0.717, 1.165) is 41.2 Å². The maximum absolute atomic E-state index is 13.2. The third-order valence-electron chi connectivity index (χ3n) is 6.31. The van der Waals surface area contributed by atoms with Crippen LogP contribution >= 0.6 is 11.3 Å². The minimum atomic E-state index is -0.268. The first-order chi connectivity index (χ1) is 17.5. The average Bonchev–Trinajstić information content (AvgIpc) is 3.58. The average molecular weight is 511 g/mol. The van der Waals surface area contributed by atoms with Crippen LogP contribution in [0.5, 0.6) is 0 Å². The Hall–Kier alpha value is -3.48. The van der Waals surface area contributed by atoms with Gasteiger partial charge in [-0.2, -0.15) is 10.2 Å². The van der Waals surface area contributed by atoms with Gasteiger partial charge in [0.1, 0.15) is 4.83 Å². The lowest BCUT2D eigenvalue weighted by Crippen LogP contribution is -2.42. The molecule has 0 aliphatic carbocycles. The minimum Gasteiger partial charge on any atom is -0.394 e. The highest BCUT2D eigenvalue weighted by Gasteiger charge is 2.22. The third-order valence-corrected chi connectivity index (χ3v) is 7.47. The Labute approximate surface area is 212 Å². The van der Waals surface area contributed by atoms with Gasteiger partial charge in [-0.25, -0.2) is 4.52 Å². The van der Waals surface area contributed by atoms with Gasteiger partial charge in [-0.1, -0.05) is 6.42 Å². The van der Waals surface area contributed by atoms with Crippen LogP contribution in [0.25, 0.3) is 15.3 Å². The van der Waals surface area contributed by atoms with Crippen LogP contribution in [0, 0.1) is 0 Å². The zero-order chi connectivity index (χ0) is 25.1. The topological polar surface area (TPSA) is 129 Å². The molecule has 4 N–H and O–H groups in total. The molecule has 11 nitrogen and oxygen atoms in total. The standard InChI is InChI=1S/C24H30N8O3S/c1-16-20(9-18(11-25-16)28-22(34)15-30-5-3-2-4-6-30)29-23(35)19-12-27-32-14-21(36-24(19)32)17-10-26-31(13-17)7-8-33/h9-14,16,25,33H,2-8,15H2,1H3,(H,28,34)(H,29,35). The van der Waals surface area contributed by atoms with Gasteiger partial charge < -0.3 is 21.1 Å². The fourth-order valence-electron chi connectivity index (χ4n) is 4.37. The molecule has 5 rings (SSSR count). The van der Waals surface area contributed by atoms with Crippen molar-refractivity contribution in [1.29, 1.82) is 0 Å². The molecule has 190 valence electrons. The van der Waals surface area contributed by atoms with E-state index in [-0.39, 0.29) is 24.5 Å². The van der Waals surface area contributed by atoms with E-state index >= 15 is 0 Å². The van der Waals surface area contributed by atoms with E-state index in [1.54, 1.807) is 33.9 Å². The number of hydrogen-bond donors (Lipinski definition) is 4. The van der Waals surface area contributed by atoms with Gasteiger partial charge in [-0.05, 0) is 38.9 Å². The molecule has 3 aromatic heterocycles. The zero-order valence-electron chi connectivity index (χ0n) is 20.1. The molecule has 3 aromatic rings. The number of hydrogen-bond acceptors (Lipinski definition) is 8. The van der Waals surface area contributed by atoms with Gasteiger partial charge >= 0.3 is 0 Å². The highest BCUT2D eigenvalue weighted by atomic mass is 32.1. The lowest BCUT2D eigenvalue weighted by molar-refractivity contribution is -0.121. The summed E-state index contributed by atoms with van der Waals surface area (Å²) in [6, 6.07) is -0.126. The Morgan fingerprint density at radius 2 is 2.00 bits per heavy atom. The Bertz CT molecular complexity index is 1310. The molecule has 0 saturated carbocycles. The Kier molecular flexibility index (Phi) is 7.16. The number of nitrogens with zero attached hydrogens (tertiary/aromatic N) is 5. The summed E-state index contributed by atoms with van der Waals surface area (Å²) < 4.78 is 3.35. The second kappa shape index (κ2) is 10.6. The summed E-state index contributed by atoms with van der Waals surface area (Å²) in [6.07, 6.45) is 14.0. The molecule has 2 amide bonds. The van der Waals surface area contributed by atoms with Crippen LogP contribution in [-0.2, 0) is 11.3 Å². The number of aliphatic hydroxyl groups is 1. The van der Waals surface area contributed by atoms with Crippen LogP contribution in [-0.4, -0.2) is 73.5 Å². The van der Waals surface area contributed by atoms with E-state index in [2.05, 4.69) is 31.0 Å². The Morgan fingerprint density at radius 3 is 2.81 bits per heavy atom. The number of likely N-dealkylation sites (tertiary alicyclic amines) is 1. The van der Waals surface area contributed by atoms with Crippen LogP contribution in [0.3, 0.4) is 0 Å². The monoisotopic (exact) mass is 510 g/mol. The Morgan fingerprint density at radius 1 is 1.17 bits per heavy atom. The van der Waals surface area contributed by atoms with Crippen molar-refractivity contribution >= 4 is 28.0 Å². The number of thiazole rings is 1. The molecule has 5 heterocycles. The molecule has 0 aromatic carbocycles. The van der Waals surface area contributed by atoms with E-state index in [9.17, 15) is 9.59 Å². The molecule has 0 radical (unpaired) electrons. The molecule has 0 spiro atoms. The molecular weight excluding hydrogens is 480 g/mol. The first-order valence-electron chi connectivity index (χ1n) is 12.1. The van der Waals surface area contributed by atoms with Gasteiger partial charge in [0.2, 0.25) is 5.91 Å². The predicted octanol–water partition coefficient (Wildman–Crippen LogP) is 1.30. The maximum atomic E-state index is 13.2. The number of carbonyl (C=O) groups excluding carboxylic acids is 2. The van der Waals surface area contributed by atoms with E-state index in [0.29, 0.717) is 30.0 Å². The maximum Gasteiger partial charge on any atom is 0.260 e. The van der Waals surface area contributed by atoms with Crippen molar-refractivity contribution in [3.8, 4) is 10.4 Å². The number of piperidine rings is 1. The summed E-state index contributed by atoms with van der Waals surface area (Å²) in [5, 5.41) is 26.8. The summed E-state index contributed by atoms with van der Waals surface area (Å²) in [6.45, 7) is 4.66. The molecule has 2 aliphatic rings. The van der Waals surface area contributed by atoms with Crippen LogP contribution in [0.15, 0.2) is 48.5 Å². The lowest BCUT2D eigenvalue weighted by Gasteiger charge is -2.26. The first-order valence-corrected chi connectivity index (χ1v) is 12.9. The largest absolute Gasteiger partial charge is 0.394 e. The second-order valence-corrected chi connectivity index (χ2v) is 10.1. The van der Waals surface area contributed by atoms with Gasteiger partial charge in [-0.3, -0.25) is 19.2 Å². The number of allylic oxidation sites excluding steroid dienone is 1. The van der Waals surface area contributed by atoms with Gasteiger partial charge in [0.05, 0.1) is 54.3 Å². The number of aliphatic hydroxyl groups excluding tert-OH is 1. The zero-order valence-corrected chi connectivity index (χ0v) is 20.9. The van der Waals surface area contributed by atoms with E-state index in [4.69, 9.17) is 5.11 Å². The summed E-state index contributed by atoms with van der Waals surface area (Å²) in [7, 11) is 0. The second-order valence-electron chi connectivity index (χ2n) is 9.05. The van der Waals surface area contributed by atoms with Crippen LogP contribution in [0.4, 0.5) is 0 Å². The normalized spacial score (nSPS) is 18.4. The van der Waals surface area contributed by atoms with Crippen molar-refractivity contribution < 1.29 is 14.7 Å². The fraction of sp³-hybridized carbons (Fsp3) is 0.417.